The number of halogens is 1. The van der Waals surface area contributed by atoms with Crippen LogP contribution in [0.15, 0.2) is 66.9 Å². The van der Waals surface area contributed by atoms with Crippen LogP contribution in [0.25, 0.3) is 0 Å². The number of unbranched alkanes of at least 4 members (excludes halogenated alkanes) is 2. The number of amides is 5. The fourth-order valence-corrected chi connectivity index (χ4v) is 10.6. The lowest BCUT2D eigenvalue weighted by molar-refractivity contribution is -0.136. The molecule has 3 saturated heterocycles. The predicted molar refractivity (Wildman–Crippen MR) is 258 cm³/mol. The van der Waals surface area contributed by atoms with E-state index in [9.17, 15) is 28.5 Å². The molecule has 1 aromatic heterocycles. The van der Waals surface area contributed by atoms with Gasteiger partial charge in [-0.05, 0) is 74.6 Å². The smallest absolute Gasteiger partial charge is 0.362 e. The van der Waals surface area contributed by atoms with Crippen molar-refractivity contribution in [1.82, 2.24) is 30.0 Å². The van der Waals surface area contributed by atoms with E-state index < -0.39 is 37.3 Å². The number of carbonyl (C=O) groups excluding carboxylic acids is 5. The van der Waals surface area contributed by atoms with Crippen molar-refractivity contribution in [1.29, 1.82) is 0 Å². The average Bonchev–Trinajstić information content (AvgIpc) is 3.60. The monoisotopic (exact) mass is 970 g/mol. The molecule has 0 radical (unpaired) electrons. The number of para-hydroxylation sites is 1. The Morgan fingerprint density at radius 1 is 0.838 bits per heavy atom. The Morgan fingerprint density at radius 2 is 1.59 bits per heavy atom. The van der Waals surface area contributed by atoms with Crippen LogP contribution < -0.4 is 36.2 Å². The van der Waals surface area contributed by atoms with Gasteiger partial charge in [-0.2, -0.15) is 4.98 Å². The third kappa shape index (κ3) is 10.6. The van der Waals surface area contributed by atoms with Crippen LogP contribution in [-0.4, -0.2) is 133 Å². The molecule has 68 heavy (non-hydrogen) atoms. The Kier molecular flexibility index (Phi) is 15.3. The quantitative estimate of drug-likeness (QED) is 0.0517. The average molecular weight is 971 g/mol. The van der Waals surface area contributed by atoms with Gasteiger partial charge in [-0.3, -0.25) is 43.7 Å². The highest BCUT2D eigenvalue weighted by Gasteiger charge is 2.44. The Hall–Kier alpha value is -6.11. The molecule has 4 aliphatic heterocycles. The molecular weight excluding hydrogens is 915 g/mol. The molecule has 3 fully saturated rings. The van der Waals surface area contributed by atoms with Crippen molar-refractivity contribution < 1.29 is 42.3 Å². The fourth-order valence-electron chi connectivity index (χ4n) is 9.21. The van der Waals surface area contributed by atoms with E-state index >= 15 is 0 Å². The normalized spacial score (nSPS) is 18.1. The molecule has 0 saturated carbocycles. The molecular formula is C47H56ClN10O9P. The van der Waals surface area contributed by atoms with Gasteiger partial charge in [0.15, 0.2) is 5.82 Å². The van der Waals surface area contributed by atoms with Crippen molar-refractivity contribution in [3.8, 4) is 5.75 Å². The third-order valence-corrected chi connectivity index (χ3v) is 15.2. The van der Waals surface area contributed by atoms with Crippen LogP contribution in [-0.2, 0) is 28.0 Å². The first-order chi connectivity index (χ1) is 32.9. The number of benzene rings is 3. The largest absolute Gasteiger partial charge is 0.494 e. The molecule has 360 valence electrons. The number of nitrogens with zero attached hydrogens (tertiary/aromatic N) is 6. The van der Waals surface area contributed by atoms with Crippen LogP contribution in [0.1, 0.15) is 72.1 Å². The number of anilines is 6. The molecule has 4 aromatic rings. The van der Waals surface area contributed by atoms with E-state index in [1.54, 1.807) is 49.6 Å². The third-order valence-electron chi connectivity index (χ3n) is 13.0. The summed E-state index contributed by atoms with van der Waals surface area (Å²) in [7, 11) is 0.695. The molecule has 0 aliphatic carbocycles. The zero-order valence-electron chi connectivity index (χ0n) is 38.3. The van der Waals surface area contributed by atoms with E-state index in [0.717, 1.165) is 82.0 Å². The zero-order valence-corrected chi connectivity index (χ0v) is 39.9. The minimum Gasteiger partial charge on any atom is -0.494 e. The molecule has 19 nitrogen and oxygen atoms in total. The van der Waals surface area contributed by atoms with Crippen LogP contribution in [0.2, 0.25) is 5.02 Å². The van der Waals surface area contributed by atoms with Crippen molar-refractivity contribution in [3.63, 3.8) is 0 Å². The van der Waals surface area contributed by atoms with Crippen molar-refractivity contribution in [3.05, 3.63) is 83.0 Å². The van der Waals surface area contributed by atoms with Crippen molar-refractivity contribution >= 4 is 88.6 Å². The van der Waals surface area contributed by atoms with E-state index in [1.165, 1.54) is 20.4 Å². The van der Waals surface area contributed by atoms with Gasteiger partial charge in [-0.25, -0.2) is 4.98 Å². The molecule has 4 aliphatic rings. The standard InChI is InChI=1S/C47H56ClN10O9P/c1-65-39-28-32(13-15-36(39)52-47-50-29-35(48)43(54-47)51-37-9-6-7-10-40(37)68(64,66-2)67-3)55-21-18-31(19-22-55)56-23-25-57(26-24-56)42(60)11-5-4-8-20-49-30-12-14-33-34(27-30)46(63)58(45(33)62)38-16-17-41(59)53-44(38)61/h6-7,9-10,12-15,27-29,31,38,49H,4-5,8,11,16-26H2,1-3H3,(H,53,59,61)(H2,50,51,52,54). The van der Waals surface area contributed by atoms with Gasteiger partial charge in [0.05, 0.1) is 41.1 Å². The Balaban J connectivity index is 0.745. The predicted octanol–water partition coefficient (Wildman–Crippen LogP) is 5.92. The lowest BCUT2D eigenvalue weighted by atomic mass is 10.0. The molecule has 0 bridgehead atoms. The van der Waals surface area contributed by atoms with Gasteiger partial charge in [0.1, 0.15) is 16.8 Å². The van der Waals surface area contributed by atoms with Gasteiger partial charge in [0.2, 0.25) is 23.7 Å². The van der Waals surface area contributed by atoms with E-state index in [1.807, 2.05) is 23.1 Å². The first-order valence-electron chi connectivity index (χ1n) is 22.8. The van der Waals surface area contributed by atoms with Crippen LogP contribution in [0.5, 0.6) is 5.75 Å². The lowest BCUT2D eigenvalue weighted by Crippen LogP contribution is -2.54. The van der Waals surface area contributed by atoms with Crippen molar-refractivity contribution in [2.24, 2.45) is 0 Å². The van der Waals surface area contributed by atoms with Gasteiger partial charge in [0.25, 0.3) is 11.8 Å². The summed E-state index contributed by atoms with van der Waals surface area (Å²) in [6, 6.07) is 17.3. The van der Waals surface area contributed by atoms with Gasteiger partial charge in [0, 0.05) is 96.4 Å². The second-order valence-corrected chi connectivity index (χ2v) is 19.6. The number of piperazine rings is 1. The Labute approximate surface area is 399 Å². The number of carbonyl (C=O) groups is 5. The molecule has 1 unspecified atom stereocenters. The number of nitrogens with one attached hydrogen (secondary N) is 4. The topological polar surface area (TPSA) is 217 Å². The maximum atomic E-state index is 13.2. The summed E-state index contributed by atoms with van der Waals surface area (Å²) in [5, 5.41) is 12.5. The molecule has 21 heteroatoms. The van der Waals surface area contributed by atoms with Crippen LogP contribution in [0, 0.1) is 0 Å². The summed E-state index contributed by atoms with van der Waals surface area (Å²) in [6.45, 7) is 5.56. The number of piperidine rings is 2. The second-order valence-electron chi connectivity index (χ2n) is 17.0. The molecule has 8 rings (SSSR count). The molecule has 0 spiro atoms. The van der Waals surface area contributed by atoms with Gasteiger partial charge in [-0.1, -0.05) is 30.2 Å². The highest BCUT2D eigenvalue weighted by Crippen LogP contribution is 2.47. The van der Waals surface area contributed by atoms with E-state index in [4.69, 9.17) is 25.4 Å². The SMILES string of the molecule is COc1cc(N2CCC(N3CCN(C(=O)CCCCCNc4ccc5c(c4)C(=O)N(C4CCC(=O)NC4=O)C5=O)CC3)CC2)ccc1Nc1ncc(Cl)c(Nc2ccccc2P(=O)(OC)OC)n1. The van der Waals surface area contributed by atoms with E-state index in [-0.39, 0.29) is 40.8 Å². The maximum absolute atomic E-state index is 13.2. The summed E-state index contributed by atoms with van der Waals surface area (Å²) >= 11 is 6.49. The summed E-state index contributed by atoms with van der Waals surface area (Å²) in [5.41, 5.74) is 3.35. The number of fused-ring (bicyclic) bond motifs is 1. The van der Waals surface area contributed by atoms with Gasteiger partial charge in [-0.15, -0.1) is 0 Å². The summed E-state index contributed by atoms with van der Waals surface area (Å²) in [4.78, 5) is 80.0. The molecule has 1 atom stereocenters. The summed E-state index contributed by atoms with van der Waals surface area (Å²) < 4.78 is 29.4. The van der Waals surface area contributed by atoms with Crippen molar-refractivity contribution in [2.45, 2.75) is 63.5 Å². The molecule has 4 N–H and O–H groups in total. The molecule has 3 aromatic carbocycles. The molecule has 5 heterocycles. The number of rotatable bonds is 18. The summed E-state index contributed by atoms with van der Waals surface area (Å²) in [5.74, 6) is -0.738. The minimum absolute atomic E-state index is 0.0706. The van der Waals surface area contributed by atoms with E-state index in [2.05, 4.69) is 41.0 Å². The minimum atomic E-state index is -3.58. The number of imide groups is 2. The maximum Gasteiger partial charge on any atom is 0.362 e. The van der Waals surface area contributed by atoms with Crippen molar-refractivity contribution in [2.75, 3.05) is 88.0 Å². The Bertz CT molecular complexity index is 2600. The van der Waals surface area contributed by atoms with Gasteiger partial charge < -0.3 is 39.5 Å². The molecule has 5 amide bonds. The zero-order chi connectivity index (χ0) is 48.0. The second kappa shape index (κ2) is 21.5. The van der Waals surface area contributed by atoms with Crippen LogP contribution >= 0.6 is 19.2 Å². The highest BCUT2D eigenvalue weighted by molar-refractivity contribution is 7.62. The Morgan fingerprint density at radius 3 is 2.32 bits per heavy atom. The van der Waals surface area contributed by atoms with Gasteiger partial charge >= 0.3 is 7.60 Å². The number of hydrogen-bond donors (Lipinski definition) is 4. The number of methoxy groups -OCH3 is 1. The van der Waals surface area contributed by atoms with Crippen LogP contribution in [0.4, 0.5) is 34.5 Å². The lowest BCUT2D eigenvalue weighted by Gasteiger charge is -2.43. The first kappa shape index (κ1) is 48.4. The fraction of sp³-hybridized carbons (Fsp3) is 0.426. The van der Waals surface area contributed by atoms with E-state index in [0.29, 0.717) is 52.9 Å². The number of hydrogen-bond acceptors (Lipinski definition) is 16. The summed E-state index contributed by atoms with van der Waals surface area (Å²) in [6.07, 6.45) is 6.63. The highest BCUT2D eigenvalue weighted by atomic mass is 35.5. The van der Waals surface area contributed by atoms with Crippen LogP contribution in [0.3, 0.4) is 0 Å². The number of aromatic nitrogens is 2. The number of ether oxygens (including phenoxy) is 1. The first-order valence-corrected chi connectivity index (χ1v) is 24.7.